The predicted octanol–water partition coefficient (Wildman–Crippen LogP) is 5.53. The topological polar surface area (TPSA) is 50.9 Å². The van der Waals surface area contributed by atoms with E-state index in [9.17, 15) is 5.11 Å². The summed E-state index contributed by atoms with van der Waals surface area (Å²) in [4.78, 5) is 4.73. The van der Waals surface area contributed by atoms with Crippen LogP contribution in [0.25, 0.3) is 11.0 Å². The molecule has 0 saturated carbocycles. The lowest BCUT2D eigenvalue weighted by molar-refractivity contribution is 0.275. The molecule has 4 nitrogen and oxygen atoms in total. The van der Waals surface area contributed by atoms with Gasteiger partial charge in [-0.2, -0.15) is 5.10 Å². The van der Waals surface area contributed by atoms with E-state index >= 15 is 0 Å². The van der Waals surface area contributed by atoms with Gasteiger partial charge in [0, 0.05) is 16.1 Å². The van der Waals surface area contributed by atoms with E-state index in [1.165, 1.54) is 0 Å². The molecule has 0 spiro atoms. The van der Waals surface area contributed by atoms with Gasteiger partial charge in [-0.15, -0.1) is 0 Å². The van der Waals surface area contributed by atoms with Crippen LogP contribution in [0.15, 0.2) is 108 Å². The van der Waals surface area contributed by atoms with Crippen LogP contribution in [0.1, 0.15) is 22.4 Å². The Balaban J connectivity index is 1.98. The van der Waals surface area contributed by atoms with Crippen molar-refractivity contribution in [2.24, 2.45) is 0 Å². The fourth-order valence-electron chi connectivity index (χ4n) is 4.29. The van der Waals surface area contributed by atoms with Crippen molar-refractivity contribution in [3.63, 3.8) is 0 Å². The number of halogens is 1. The summed E-state index contributed by atoms with van der Waals surface area (Å²) in [5.41, 5.74) is 3.72. The summed E-state index contributed by atoms with van der Waals surface area (Å²) in [5.74, 6) is 0. The molecule has 2 aromatic heterocycles. The zero-order chi connectivity index (χ0) is 21.3. The molecule has 0 fully saturated rings. The molecule has 5 rings (SSSR count). The molecule has 0 aliphatic heterocycles. The molecular formula is C26H20BrN3O. The van der Waals surface area contributed by atoms with Gasteiger partial charge in [-0.1, -0.05) is 91.0 Å². The van der Waals surface area contributed by atoms with Crippen LogP contribution in [-0.2, 0) is 12.1 Å². The molecule has 1 N–H and O–H groups in total. The molecule has 0 atom stereocenters. The van der Waals surface area contributed by atoms with E-state index in [2.05, 4.69) is 52.3 Å². The van der Waals surface area contributed by atoms with Crippen molar-refractivity contribution in [2.45, 2.75) is 12.1 Å². The van der Waals surface area contributed by atoms with Crippen molar-refractivity contribution in [3.8, 4) is 0 Å². The van der Waals surface area contributed by atoms with E-state index in [1.54, 1.807) is 6.20 Å². The first kappa shape index (κ1) is 19.7. The molecule has 0 aliphatic rings. The summed E-state index contributed by atoms with van der Waals surface area (Å²) in [6.45, 7) is -0.171. The number of aromatic nitrogens is 3. The van der Waals surface area contributed by atoms with E-state index < -0.39 is 5.54 Å². The highest BCUT2D eigenvalue weighted by Crippen LogP contribution is 2.42. The van der Waals surface area contributed by atoms with Gasteiger partial charge in [0.2, 0.25) is 0 Å². The molecule has 3 aromatic carbocycles. The average Bonchev–Trinajstić information content (AvgIpc) is 3.20. The van der Waals surface area contributed by atoms with Crippen LogP contribution < -0.4 is 0 Å². The first-order valence-electron chi connectivity index (χ1n) is 10.1. The van der Waals surface area contributed by atoms with Gasteiger partial charge in [0.15, 0.2) is 5.65 Å². The van der Waals surface area contributed by atoms with Gasteiger partial charge in [-0.05, 0) is 38.7 Å². The van der Waals surface area contributed by atoms with Gasteiger partial charge in [-0.25, -0.2) is 9.67 Å². The van der Waals surface area contributed by atoms with Gasteiger partial charge in [0.1, 0.15) is 5.54 Å². The third-order valence-corrected chi connectivity index (χ3v) is 6.04. The number of hydrogen-bond acceptors (Lipinski definition) is 3. The van der Waals surface area contributed by atoms with Crippen LogP contribution >= 0.6 is 15.9 Å². The van der Waals surface area contributed by atoms with E-state index in [0.29, 0.717) is 11.3 Å². The van der Waals surface area contributed by atoms with E-state index in [1.807, 2.05) is 65.3 Å². The highest BCUT2D eigenvalue weighted by molar-refractivity contribution is 9.10. The summed E-state index contributed by atoms with van der Waals surface area (Å²) in [5, 5.41) is 15.9. The smallest absolute Gasteiger partial charge is 0.159 e. The molecule has 0 radical (unpaired) electrons. The van der Waals surface area contributed by atoms with E-state index in [0.717, 1.165) is 26.5 Å². The molecule has 31 heavy (non-hydrogen) atoms. The Morgan fingerprint density at radius 1 is 0.774 bits per heavy atom. The highest BCUT2D eigenvalue weighted by Gasteiger charge is 2.41. The highest BCUT2D eigenvalue weighted by atomic mass is 79.9. The van der Waals surface area contributed by atoms with Crippen LogP contribution in [-0.4, -0.2) is 19.9 Å². The third kappa shape index (κ3) is 3.17. The second kappa shape index (κ2) is 8.10. The van der Waals surface area contributed by atoms with Gasteiger partial charge in [0.05, 0.1) is 12.3 Å². The maximum atomic E-state index is 10.1. The minimum Gasteiger partial charge on any atom is -0.390 e. The molecule has 5 heteroatoms. The molecule has 0 unspecified atom stereocenters. The average molecular weight is 470 g/mol. The first-order chi connectivity index (χ1) is 15.2. The van der Waals surface area contributed by atoms with E-state index in [4.69, 9.17) is 10.1 Å². The Bertz CT molecular complexity index is 1220. The zero-order valence-electron chi connectivity index (χ0n) is 16.7. The lowest BCUT2D eigenvalue weighted by Crippen LogP contribution is -2.38. The van der Waals surface area contributed by atoms with Crippen LogP contribution in [0.5, 0.6) is 0 Å². The van der Waals surface area contributed by atoms with Crippen molar-refractivity contribution in [3.05, 3.63) is 130 Å². The molecule has 0 saturated heterocycles. The summed E-state index contributed by atoms with van der Waals surface area (Å²) in [7, 11) is 0. The van der Waals surface area contributed by atoms with Crippen LogP contribution in [0.4, 0.5) is 0 Å². The maximum absolute atomic E-state index is 10.1. The number of aliphatic hydroxyl groups is 1. The number of hydrogen-bond donors (Lipinski definition) is 1. The molecule has 152 valence electrons. The molecule has 2 heterocycles. The maximum Gasteiger partial charge on any atom is 0.159 e. The summed E-state index contributed by atoms with van der Waals surface area (Å²) in [6, 6.07) is 32.9. The Hall–Kier alpha value is -3.28. The SMILES string of the molecule is OCc1nn(C(c2ccccc2)(c2ccccc2)c2ccccc2)c2ncc(Br)cc12. The predicted molar refractivity (Wildman–Crippen MR) is 126 cm³/mol. The zero-order valence-corrected chi connectivity index (χ0v) is 18.3. The molecular weight excluding hydrogens is 450 g/mol. The summed E-state index contributed by atoms with van der Waals surface area (Å²) in [6.07, 6.45) is 1.77. The Morgan fingerprint density at radius 3 is 1.71 bits per heavy atom. The quantitative estimate of drug-likeness (QED) is 0.344. The number of nitrogens with zero attached hydrogens (tertiary/aromatic N) is 3. The Labute approximate surface area is 189 Å². The van der Waals surface area contributed by atoms with Crippen molar-refractivity contribution >= 4 is 27.0 Å². The van der Waals surface area contributed by atoms with Crippen LogP contribution in [0, 0.1) is 0 Å². The van der Waals surface area contributed by atoms with Gasteiger partial charge in [-0.3, -0.25) is 0 Å². The lowest BCUT2D eigenvalue weighted by Gasteiger charge is -2.36. The van der Waals surface area contributed by atoms with E-state index in [-0.39, 0.29) is 6.61 Å². The number of pyridine rings is 1. The summed E-state index contributed by atoms with van der Waals surface area (Å²) < 4.78 is 2.80. The molecule has 0 amide bonds. The van der Waals surface area contributed by atoms with Crippen molar-refractivity contribution in [2.75, 3.05) is 0 Å². The Morgan fingerprint density at radius 2 is 1.26 bits per heavy atom. The molecule has 5 aromatic rings. The minimum atomic E-state index is -0.768. The van der Waals surface area contributed by atoms with Crippen LogP contribution in [0.2, 0.25) is 0 Å². The van der Waals surface area contributed by atoms with Gasteiger partial charge >= 0.3 is 0 Å². The fourth-order valence-corrected chi connectivity index (χ4v) is 4.62. The Kier molecular flexibility index (Phi) is 5.14. The van der Waals surface area contributed by atoms with Gasteiger partial charge < -0.3 is 5.11 Å². The van der Waals surface area contributed by atoms with Crippen molar-refractivity contribution in [1.29, 1.82) is 0 Å². The largest absolute Gasteiger partial charge is 0.390 e. The van der Waals surface area contributed by atoms with Crippen molar-refractivity contribution in [1.82, 2.24) is 14.8 Å². The number of benzene rings is 3. The summed E-state index contributed by atoms with van der Waals surface area (Å²) >= 11 is 3.51. The third-order valence-electron chi connectivity index (χ3n) is 5.61. The van der Waals surface area contributed by atoms with Crippen LogP contribution in [0.3, 0.4) is 0 Å². The monoisotopic (exact) mass is 469 g/mol. The fraction of sp³-hybridized carbons (Fsp3) is 0.0769. The standard InChI is InChI=1S/C26H20BrN3O/c27-22-16-23-24(18-31)29-30(25(23)28-17-22)26(19-10-4-1-5-11-19,20-12-6-2-7-13-20)21-14-8-3-9-15-21/h1-17,31H,18H2. The first-order valence-corrected chi connectivity index (χ1v) is 10.9. The number of fused-ring (bicyclic) bond motifs is 1. The number of aliphatic hydroxyl groups excluding tert-OH is 1. The normalized spacial score (nSPS) is 11.7. The minimum absolute atomic E-state index is 0.171. The van der Waals surface area contributed by atoms with Crippen molar-refractivity contribution < 1.29 is 5.11 Å². The molecule has 0 aliphatic carbocycles. The second-order valence-corrected chi connectivity index (χ2v) is 8.27. The second-order valence-electron chi connectivity index (χ2n) is 7.35. The lowest BCUT2D eigenvalue weighted by atomic mass is 9.77. The van der Waals surface area contributed by atoms with Gasteiger partial charge in [0.25, 0.3) is 0 Å². The molecule has 0 bridgehead atoms. The number of rotatable bonds is 5.